The van der Waals surface area contributed by atoms with E-state index in [0.717, 1.165) is 5.69 Å². The Labute approximate surface area is 84.4 Å². The Bertz CT molecular complexity index is 403. The average Bonchev–Trinajstić information content (AvgIpc) is 2.20. The minimum absolute atomic E-state index is 1.09. The van der Waals surface area contributed by atoms with Crippen LogP contribution in [0, 0.1) is 13.8 Å². The van der Waals surface area contributed by atoms with Gasteiger partial charge in [-0.3, -0.25) is 4.98 Å². The minimum Gasteiger partial charge on any atom is -0.256 e. The molecule has 14 heavy (non-hydrogen) atoms. The predicted octanol–water partition coefficient (Wildman–Crippen LogP) is 3.37. The Morgan fingerprint density at radius 2 is 1.57 bits per heavy atom. The second kappa shape index (κ2) is 3.62. The maximum absolute atomic E-state index is 4.41. The van der Waals surface area contributed by atoms with Crippen molar-refractivity contribution in [3.63, 3.8) is 0 Å². The Morgan fingerprint density at radius 1 is 0.857 bits per heavy atom. The van der Waals surface area contributed by atoms with Gasteiger partial charge in [-0.25, -0.2) is 0 Å². The normalized spacial score (nSPS) is 10.1. The zero-order valence-corrected chi connectivity index (χ0v) is 8.49. The molecule has 0 radical (unpaired) electrons. The second-order valence-corrected chi connectivity index (χ2v) is 3.48. The van der Waals surface area contributed by atoms with E-state index < -0.39 is 0 Å². The first-order chi connectivity index (χ1) is 6.79. The lowest BCUT2D eigenvalue weighted by atomic mass is 10.0. The van der Waals surface area contributed by atoms with Crippen molar-refractivity contribution < 1.29 is 0 Å². The summed E-state index contributed by atoms with van der Waals surface area (Å²) in [5.74, 6) is 0. The van der Waals surface area contributed by atoms with Crippen LogP contribution in [-0.4, -0.2) is 4.98 Å². The van der Waals surface area contributed by atoms with E-state index in [-0.39, 0.29) is 0 Å². The summed E-state index contributed by atoms with van der Waals surface area (Å²) in [5.41, 5.74) is 4.81. The Morgan fingerprint density at radius 3 is 2.29 bits per heavy atom. The maximum atomic E-state index is 4.41. The smallest absolute Gasteiger partial charge is 0.0733 e. The van der Waals surface area contributed by atoms with E-state index >= 15 is 0 Å². The number of aromatic nitrogens is 1. The van der Waals surface area contributed by atoms with Crippen LogP contribution < -0.4 is 0 Å². The van der Waals surface area contributed by atoms with Crippen LogP contribution in [0.2, 0.25) is 0 Å². The minimum atomic E-state index is 1.09. The molecule has 2 aromatic rings. The lowest BCUT2D eigenvalue weighted by Gasteiger charge is -2.06. The van der Waals surface area contributed by atoms with Crippen LogP contribution in [0.5, 0.6) is 0 Å². The molecule has 0 aliphatic heterocycles. The molecule has 1 heteroatoms. The highest BCUT2D eigenvalue weighted by Crippen LogP contribution is 2.23. The fraction of sp³-hybridized carbons (Fsp3) is 0.154. The van der Waals surface area contributed by atoms with Gasteiger partial charge in [0.2, 0.25) is 0 Å². The molecule has 0 N–H and O–H groups in total. The molecule has 1 aromatic carbocycles. The van der Waals surface area contributed by atoms with E-state index in [0.29, 0.717) is 0 Å². The average molecular weight is 183 g/mol. The molecular formula is C13H13N. The highest BCUT2D eigenvalue weighted by Gasteiger charge is 2.03. The molecule has 0 spiro atoms. The van der Waals surface area contributed by atoms with E-state index in [1.54, 1.807) is 0 Å². The van der Waals surface area contributed by atoms with E-state index in [1.807, 2.05) is 12.3 Å². The third-order valence-corrected chi connectivity index (χ3v) is 2.41. The first kappa shape index (κ1) is 8.95. The SMILES string of the molecule is Cc1ccccc1-c1ncccc1C. The standard InChI is InChI=1S/C13H13N/c1-10-6-3-4-8-12(10)13-11(2)7-5-9-14-13/h3-9H,1-2H3. The summed E-state index contributed by atoms with van der Waals surface area (Å²) in [6, 6.07) is 12.4. The van der Waals surface area contributed by atoms with E-state index in [1.165, 1.54) is 16.7 Å². The molecule has 1 aromatic heterocycles. The van der Waals surface area contributed by atoms with E-state index in [2.05, 4.69) is 49.2 Å². The van der Waals surface area contributed by atoms with Crippen LogP contribution in [0.25, 0.3) is 11.3 Å². The van der Waals surface area contributed by atoms with Crippen LogP contribution in [-0.2, 0) is 0 Å². The summed E-state index contributed by atoms with van der Waals surface area (Å²) >= 11 is 0. The fourth-order valence-electron chi connectivity index (χ4n) is 1.61. The van der Waals surface area contributed by atoms with Crippen molar-refractivity contribution in [1.82, 2.24) is 4.98 Å². The maximum Gasteiger partial charge on any atom is 0.0733 e. The number of benzene rings is 1. The zero-order valence-electron chi connectivity index (χ0n) is 8.49. The number of hydrogen-bond donors (Lipinski definition) is 0. The Kier molecular flexibility index (Phi) is 2.32. The second-order valence-electron chi connectivity index (χ2n) is 3.48. The Hall–Kier alpha value is -1.63. The van der Waals surface area contributed by atoms with Gasteiger partial charge < -0.3 is 0 Å². The largest absolute Gasteiger partial charge is 0.256 e. The van der Waals surface area contributed by atoms with Crippen LogP contribution in [0.1, 0.15) is 11.1 Å². The fourth-order valence-corrected chi connectivity index (χ4v) is 1.61. The number of aryl methyl sites for hydroxylation is 2. The molecule has 0 unspecified atom stereocenters. The molecule has 70 valence electrons. The van der Waals surface area contributed by atoms with Gasteiger partial charge in [-0.2, -0.15) is 0 Å². The van der Waals surface area contributed by atoms with Gasteiger partial charge in [0.05, 0.1) is 5.69 Å². The summed E-state index contributed by atoms with van der Waals surface area (Å²) in [5, 5.41) is 0. The van der Waals surface area contributed by atoms with Crippen molar-refractivity contribution in [3.05, 3.63) is 53.7 Å². The van der Waals surface area contributed by atoms with Crippen LogP contribution in [0.3, 0.4) is 0 Å². The van der Waals surface area contributed by atoms with Crippen molar-refractivity contribution in [3.8, 4) is 11.3 Å². The van der Waals surface area contributed by atoms with Gasteiger partial charge in [-0.15, -0.1) is 0 Å². The first-order valence-electron chi connectivity index (χ1n) is 4.76. The molecule has 2 rings (SSSR count). The highest BCUT2D eigenvalue weighted by atomic mass is 14.7. The molecule has 0 bridgehead atoms. The predicted molar refractivity (Wildman–Crippen MR) is 59.1 cm³/mol. The van der Waals surface area contributed by atoms with Gasteiger partial charge in [-0.05, 0) is 31.0 Å². The molecular weight excluding hydrogens is 170 g/mol. The molecule has 0 amide bonds. The van der Waals surface area contributed by atoms with Gasteiger partial charge in [0.25, 0.3) is 0 Å². The number of rotatable bonds is 1. The Balaban J connectivity index is 2.61. The molecule has 0 saturated carbocycles. The van der Waals surface area contributed by atoms with Crippen LogP contribution in [0.15, 0.2) is 42.6 Å². The van der Waals surface area contributed by atoms with Crippen molar-refractivity contribution in [2.45, 2.75) is 13.8 Å². The van der Waals surface area contributed by atoms with Crippen LogP contribution >= 0.6 is 0 Å². The summed E-state index contributed by atoms with van der Waals surface area (Å²) in [4.78, 5) is 4.41. The van der Waals surface area contributed by atoms with Crippen LogP contribution in [0.4, 0.5) is 0 Å². The van der Waals surface area contributed by atoms with E-state index in [4.69, 9.17) is 0 Å². The van der Waals surface area contributed by atoms with Crippen molar-refractivity contribution in [2.24, 2.45) is 0 Å². The summed E-state index contributed by atoms with van der Waals surface area (Å²) < 4.78 is 0. The zero-order chi connectivity index (χ0) is 9.97. The van der Waals surface area contributed by atoms with Crippen molar-refractivity contribution >= 4 is 0 Å². The first-order valence-corrected chi connectivity index (χ1v) is 4.76. The van der Waals surface area contributed by atoms with Gasteiger partial charge in [-0.1, -0.05) is 30.3 Å². The quantitative estimate of drug-likeness (QED) is 0.660. The molecule has 0 fully saturated rings. The summed E-state index contributed by atoms with van der Waals surface area (Å²) in [6.45, 7) is 4.21. The number of nitrogens with zero attached hydrogens (tertiary/aromatic N) is 1. The lowest BCUT2D eigenvalue weighted by molar-refractivity contribution is 1.26. The molecule has 0 atom stereocenters. The van der Waals surface area contributed by atoms with Gasteiger partial charge in [0.15, 0.2) is 0 Å². The van der Waals surface area contributed by atoms with Gasteiger partial charge in [0.1, 0.15) is 0 Å². The molecule has 0 saturated heterocycles. The van der Waals surface area contributed by atoms with Gasteiger partial charge in [0, 0.05) is 11.8 Å². The summed E-state index contributed by atoms with van der Waals surface area (Å²) in [6.07, 6.45) is 1.84. The molecule has 1 nitrogen and oxygen atoms in total. The van der Waals surface area contributed by atoms with E-state index in [9.17, 15) is 0 Å². The monoisotopic (exact) mass is 183 g/mol. The third kappa shape index (κ3) is 1.53. The van der Waals surface area contributed by atoms with Gasteiger partial charge >= 0.3 is 0 Å². The summed E-state index contributed by atoms with van der Waals surface area (Å²) in [7, 11) is 0. The lowest BCUT2D eigenvalue weighted by Crippen LogP contribution is -1.89. The highest BCUT2D eigenvalue weighted by molar-refractivity contribution is 5.66. The third-order valence-electron chi connectivity index (χ3n) is 2.41. The number of pyridine rings is 1. The molecule has 1 heterocycles. The van der Waals surface area contributed by atoms with Crippen molar-refractivity contribution in [2.75, 3.05) is 0 Å². The molecule has 0 aliphatic carbocycles. The van der Waals surface area contributed by atoms with Crippen molar-refractivity contribution in [1.29, 1.82) is 0 Å². The molecule has 0 aliphatic rings. The number of hydrogen-bond acceptors (Lipinski definition) is 1. The topological polar surface area (TPSA) is 12.9 Å².